The molecular formula is C13H15NO2. The first kappa shape index (κ1) is 10.9. The molecular weight excluding hydrogens is 202 g/mol. The molecule has 84 valence electrons. The summed E-state index contributed by atoms with van der Waals surface area (Å²) >= 11 is 0. The van der Waals surface area contributed by atoms with Gasteiger partial charge in [0, 0.05) is 26.1 Å². The van der Waals surface area contributed by atoms with Crippen LogP contribution in [0.3, 0.4) is 0 Å². The van der Waals surface area contributed by atoms with Gasteiger partial charge >= 0.3 is 0 Å². The lowest BCUT2D eigenvalue weighted by atomic mass is 9.89. The molecule has 2 aliphatic rings. The van der Waals surface area contributed by atoms with Crippen LogP contribution in [0.5, 0.6) is 0 Å². The number of Topliss-reactive ketones (excluding diaryl/α,β-unsaturated/α-hetero) is 2. The molecule has 1 aliphatic heterocycles. The van der Waals surface area contributed by atoms with E-state index in [1.807, 2.05) is 37.2 Å². The van der Waals surface area contributed by atoms with Crippen LogP contribution < -0.4 is 0 Å². The highest BCUT2D eigenvalue weighted by Gasteiger charge is 2.27. The van der Waals surface area contributed by atoms with Gasteiger partial charge in [-0.2, -0.15) is 0 Å². The third kappa shape index (κ3) is 1.85. The van der Waals surface area contributed by atoms with Crippen molar-refractivity contribution in [1.82, 2.24) is 4.90 Å². The standard InChI is InChI=1S/C13H15NO2/c1-9-6-7-14(2)10(8-9)13-11(15)4-3-5-12(13)16/h6-8H,3-5H2,1-2H3. The fraction of sp³-hybridized carbons (Fsp3) is 0.385. The van der Waals surface area contributed by atoms with E-state index in [2.05, 4.69) is 0 Å². The Hall–Kier alpha value is -1.64. The summed E-state index contributed by atoms with van der Waals surface area (Å²) in [6.07, 6.45) is 7.42. The summed E-state index contributed by atoms with van der Waals surface area (Å²) in [4.78, 5) is 25.4. The SMILES string of the molecule is CC1=CC(=C2C(=O)CCCC2=O)N(C)C=C1. The number of hydrogen-bond donors (Lipinski definition) is 0. The topological polar surface area (TPSA) is 37.4 Å². The lowest BCUT2D eigenvalue weighted by Gasteiger charge is -2.24. The number of ketones is 2. The summed E-state index contributed by atoms with van der Waals surface area (Å²) in [6, 6.07) is 0. The lowest BCUT2D eigenvalue weighted by molar-refractivity contribution is -0.123. The molecule has 0 saturated heterocycles. The molecule has 0 atom stereocenters. The zero-order valence-corrected chi connectivity index (χ0v) is 9.62. The zero-order valence-electron chi connectivity index (χ0n) is 9.62. The third-order valence-electron chi connectivity index (χ3n) is 2.93. The Morgan fingerprint density at radius 1 is 1.19 bits per heavy atom. The molecule has 3 nitrogen and oxygen atoms in total. The molecule has 1 heterocycles. The van der Waals surface area contributed by atoms with E-state index in [1.54, 1.807) is 0 Å². The summed E-state index contributed by atoms with van der Waals surface area (Å²) in [5, 5.41) is 0. The highest BCUT2D eigenvalue weighted by Crippen LogP contribution is 2.25. The van der Waals surface area contributed by atoms with Crippen LogP contribution in [0, 0.1) is 0 Å². The molecule has 0 aromatic rings. The quantitative estimate of drug-likeness (QED) is 0.460. The van der Waals surface area contributed by atoms with Crippen molar-refractivity contribution in [2.45, 2.75) is 26.2 Å². The van der Waals surface area contributed by atoms with Gasteiger partial charge in [-0.1, -0.05) is 0 Å². The molecule has 0 amide bonds. The second kappa shape index (κ2) is 4.08. The molecule has 1 fully saturated rings. The molecule has 1 aliphatic carbocycles. The minimum atomic E-state index is -0.0162. The van der Waals surface area contributed by atoms with Gasteiger partial charge in [0.15, 0.2) is 11.6 Å². The second-order valence-electron chi connectivity index (χ2n) is 4.28. The number of allylic oxidation sites excluding steroid dienone is 4. The fourth-order valence-corrected chi connectivity index (χ4v) is 2.02. The van der Waals surface area contributed by atoms with E-state index in [0.29, 0.717) is 24.8 Å². The van der Waals surface area contributed by atoms with Gasteiger partial charge in [-0.3, -0.25) is 9.59 Å². The van der Waals surface area contributed by atoms with Gasteiger partial charge in [0.2, 0.25) is 0 Å². The van der Waals surface area contributed by atoms with Crippen LogP contribution in [0.4, 0.5) is 0 Å². The maximum absolute atomic E-state index is 11.8. The lowest BCUT2D eigenvalue weighted by Crippen LogP contribution is -2.25. The van der Waals surface area contributed by atoms with Crippen LogP contribution in [0.1, 0.15) is 26.2 Å². The highest BCUT2D eigenvalue weighted by atomic mass is 16.1. The number of hydrogen-bond acceptors (Lipinski definition) is 3. The number of carbonyl (C=O) groups is 2. The molecule has 3 heteroatoms. The summed E-state index contributed by atoms with van der Waals surface area (Å²) < 4.78 is 0. The zero-order chi connectivity index (χ0) is 11.7. The van der Waals surface area contributed by atoms with Gasteiger partial charge in [0.1, 0.15) is 0 Å². The Bertz CT molecular complexity index is 423. The molecule has 0 bridgehead atoms. The molecule has 16 heavy (non-hydrogen) atoms. The second-order valence-corrected chi connectivity index (χ2v) is 4.28. The normalized spacial score (nSPS) is 21.6. The molecule has 1 saturated carbocycles. The number of nitrogens with zero attached hydrogens (tertiary/aromatic N) is 1. The Morgan fingerprint density at radius 2 is 1.81 bits per heavy atom. The van der Waals surface area contributed by atoms with Crippen molar-refractivity contribution in [2.75, 3.05) is 7.05 Å². The molecule has 2 rings (SSSR count). The van der Waals surface area contributed by atoms with Gasteiger partial charge < -0.3 is 4.90 Å². The number of carbonyl (C=O) groups excluding carboxylic acids is 2. The summed E-state index contributed by atoms with van der Waals surface area (Å²) in [5.74, 6) is -0.0325. The van der Waals surface area contributed by atoms with Crippen molar-refractivity contribution in [3.05, 3.63) is 35.2 Å². The van der Waals surface area contributed by atoms with Gasteiger partial charge in [0.05, 0.1) is 11.3 Å². The van der Waals surface area contributed by atoms with E-state index in [4.69, 9.17) is 0 Å². The Balaban J connectivity index is 2.49. The van der Waals surface area contributed by atoms with E-state index < -0.39 is 0 Å². The van der Waals surface area contributed by atoms with E-state index >= 15 is 0 Å². The highest BCUT2D eigenvalue weighted by molar-refractivity contribution is 6.22. The van der Waals surface area contributed by atoms with Crippen LogP contribution in [0.2, 0.25) is 0 Å². The van der Waals surface area contributed by atoms with E-state index in [9.17, 15) is 9.59 Å². The summed E-state index contributed by atoms with van der Waals surface area (Å²) in [7, 11) is 1.86. The maximum atomic E-state index is 11.8. The molecule has 0 N–H and O–H groups in total. The first-order valence-electron chi connectivity index (χ1n) is 5.49. The molecule has 0 aromatic carbocycles. The average molecular weight is 217 g/mol. The summed E-state index contributed by atoms with van der Waals surface area (Å²) in [5.41, 5.74) is 2.19. The van der Waals surface area contributed by atoms with Crippen molar-refractivity contribution in [3.63, 3.8) is 0 Å². The van der Waals surface area contributed by atoms with Crippen molar-refractivity contribution < 1.29 is 9.59 Å². The molecule has 0 spiro atoms. The first-order chi connectivity index (χ1) is 7.59. The summed E-state index contributed by atoms with van der Waals surface area (Å²) in [6.45, 7) is 1.96. The van der Waals surface area contributed by atoms with Gasteiger partial charge in [-0.05, 0) is 31.1 Å². The minimum Gasteiger partial charge on any atom is -0.350 e. The Kier molecular flexibility index (Phi) is 2.77. The smallest absolute Gasteiger partial charge is 0.168 e. The number of rotatable bonds is 0. The van der Waals surface area contributed by atoms with Crippen LogP contribution in [-0.4, -0.2) is 23.5 Å². The van der Waals surface area contributed by atoms with Gasteiger partial charge in [-0.15, -0.1) is 0 Å². The Morgan fingerprint density at radius 3 is 2.44 bits per heavy atom. The molecule has 0 radical (unpaired) electrons. The third-order valence-corrected chi connectivity index (χ3v) is 2.93. The van der Waals surface area contributed by atoms with E-state index in [1.165, 1.54) is 0 Å². The predicted octanol–water partition coefficient (Wildman–Crippen LogP) is 1.97. The van der Waals surface area contributed by atoms with Crippen LogP contribution in [0.25, 0.3) is 0 Å². The average Bonchev–Trinajstić information content (AvgIpc) is 2.23. The van der Waals surface area contributed by atoms with E-state index in [0.717, 1.165) is 11.3 Å². The maximum Gasteiger partial charge on any atom is 0.168 e. The largest absolute Gasteiger partial charge is 0.350 e. The Labute approximate surface area is 95.1 Å². The molecule has 0 unspecified atom stereocenters. The van der Waals surface area contributed by atoms with Crippen LogP contribution in [-0.2, 0) is 9.59 Å². The fourth-order valence-electron chi connectivity index (χ4n) is 2.02. The number of likely N-dealkylation sites (N-methyl/N-ethyl adjacent to an activating group) is 1. The van der Waals surface area contributed by atoms with Crippen molar-refractivity contribution in [2.24, 2.45) is 0 Å². The molecule has 0 aromatic heterocycles. The first-order valence-corrected chi connectivity index (χ1v) is 5.49. The van der Waals surface area contributed by atoms with Crippen molar-refractivity contribution in [1.29, 1.82) is 0 Å². The van der Waals surface area contributed by atoms with Gasteiger partial charge in [0.25, 0.3) is 0 Å². The monoisotopic (exact) mass is 217 g/mol. The van der Waals surface area contributed by atoms with Crippen molar-refractivity contribution >= 4 is 11.6 Å². The van der Waals surface area contributed by atoms with Crippen LogP contribution in [0.15, 0.2) is 35.2 Å². The van der Waals surface area contributed by atoms with Gasteiger partial charge in [-0.25, -0.2) is 0 Å². The minimum absolute atomic E-state index is 0.0162. The van der Waals surface area contributed by atoms with Crippen molar-refractivity contribution in [3.8, 4) is 0 Å². The predicted molar refractivity (Wildman–Crippen MR) is 61.6 cm³/mol. The van der Waals surface area contributed by atoms with E-state index in [-0.39, 0.29) is 11.6 Å². The van der Waals surface area contributed by atoms with Crippen LogP contribution >= 0.6 is 0 Å².